The van der Waals surface area contributed by atoms with Gasteiger partial charge in [0, 0.05) is 17.6 Å². The van der Waals surface area contributed by atoms with Crippen molar-refractivity contribution in [1.29, 1.82) is 0 Å². The average Bonchev–Trinajstić information content (AvgIpc) is 2.45. The van der Waals surface area contributed by atoms with Crippen LogP contribution in [0, 0.1) is 11.8 Å². The van der Waals surface area contributed by atoms with Gasteiger partial charge >= 0.3 is 0 Å². The summed E-state index contributed by atoms with van der Waals surface area (Å²) in [5.74, 6) is 0.819. The summed E-state index contributed by atoms with van der Waals surface area (Å²) in [5, 5.41) is 0. The summed E-state index contributed by atoms with van der Waals surface area (Å²) in [4.78, 5) is 14.0. The van der Waals surface area contributed by atoms with Crippen molar-refractivity contribution < 1.29 is 4.79 Å². The van der Waals surface area contributed by atoms with Crippen LogP contribution in [0.3, 0.4) is 0 Å². The Hall–Kier alpha value is -1.31. The third kappa shape index (κ3) is 1.54. The van der Waals surface area contributed by atoms with Gasteiger partial charge in [0.15, 0.2) is 0 Å². The van der Waals surface area contributed by atoms with E-state index in [0.29, 0.717) is 12.0 Å². The zero-order chi connectivity index (χ0) is 11.0. The van der Waals surface area contributed by atoms with Gasteiger partial charge in [-0.2, -0.15) is 0 Å². The molecule has 0 N–H and O–H groups in total. The van der Waals surface area contributed by atoms with Crippen molar-refractivity contribution in [1.82, 2.24) is 0 Å². The van der Waals surface area contributed by atoms with E-state index < -0.39 is 0 Å². The van der Waals surface area contributed by atoms with Crippen LogP contribution in [-0.2, 0) is 4.79 Å². The molecule has 1 aliphatic rings. The SMILES string of the molecule is CC1C(=O)N(c2ccccc2)C(C)C1C. The Balaban J connectivity index is 2.35. The van der Waals surface area contributed by atoms with E-state index in [0.717, 1.165) is 5.69 Å². The van der Waals surface area contributed by atoms with Crippen LogP contribution in [0.25, 0.3) is 0 Å². The second-order valence-corrected chi connectivity index (χ2v) is 4.43. The van der Waals surface area contributed by atoms with Gasteiger partial charge in [-0.25, -0.2) is 0 Å². The first-order chi connectivity index (χ1) is 7.13. The van der Waals surface area contributed by atoms with Crippen LogP contribution < -0.4 is 4.90 Å². The highest BCUT2D eigenvalue weighted by atomic mass is 16.2. The molecule has 1 aromatic rings. The molecule has 0 saturated carbocycles. The molecule has 80 valence electrons. The molecule has 0 bridgehead atoms. The zero-order valence-corrected chi connectivity index (χ0v) is 9.47. The third-order valence-corrected chi connectivity index (χ3v) is 3.62. The number of carbonyl (C=O) groups is 1. The Morgan fingerprint density at radius 3 is 2.13 bits per heavy atom. The maximum Gasteiger partial charge on any atom is 0.230 e. The molecule has 1 saturated heterocycles. The molecule has 3 unspecified atom stereocenters. The fourth-order valence-electron chi connectivity index (χ4n) is 2.25. The first-order valence-corrected chi connectivity index (χ1v) is 5.51. The highest BCUT2D eigenvalue weighted by Crippen LogP contribution is 2.34. The predicted octanol–water partition coefficient (Wildman–Crippen LogP) is 2.69. The lowest BCUT2D eigenvalue weighted by Crippen LogP contribution is -2.32. The van der Waals surface area contributed by atoms with Crippen molar-refractivity contribution in [2.45, 2.75) is 26.8 Å². The Morgan fingerprint density at radius 1 is 1.07 bits per heavy atom. The first kappa shape index (κ1) is 10.2. The summed E-state index contributed by atoms with van der Waals surface area (Å²) in [5.41, 5.74) is 1.02. The number of anilines is 1. The van der Waals surface area contributed by atoms with Gasteiger partial charge in [-0.05, 0) is 25.0 Å². The second kappa shape index (κ2) is 3.69. The monoisotopic (exact) mass is 203 g/mol. The summed E-state index contributed by atoms with van der Waals surface area (Å²) in [6.45, 7) is 6.29. The summed E-state index contributed by atoms with van der Waals surface area (Å²) in [6, 6.07) is 10.2. The van der Waals surface area contributed by atoms with Crippen LogP contribution in [0.4, 0.5) is 5.69 Å². The molecule has 0 aromatic heterocycles. The molecule has 2 heteroatoms. The lowest BCUT2D eigenvalue weighted by Gasteiger charge is -2.23. The smallest absolute Gasteiger partial charge is 0.230 e. The Morgan fingerprint density at radius 2 is 1.67 bits per heavy atom. The van der Waals surface area contributed by atoms with E-state index in [-0.39, 0.29) is 11.8 Å². The van der Waals surface area contributed by atoms with E-state index in [9.17, 15) is 4.79 Å². The van der Waals surface area contributed by atoms with Crippen molar-refractivity contribution in [2.24, 2.45) is 11.8 Å². The van der Waals surface area contributed by atoms with Crippen molar-refractivity contribution >= 4 is 11.6 Å². The van der Waals surface area contributed by atoms with Crippen LogP contribution in [0.15, 0.2) is 30.3 Å². The van der Waals surface area contributed by atoms with Gasteiger partial charge in [-0.15, -0.1) is 0 Å². The van der Waals surface area contributed by atoms with Crippen LogP contribution in [-0.4, -0.2) is 11.9 Å². The molecular formula is C13H17NO. The van der Waals surface area contributed by atoms with Crippen LogP contribution in [0.1, 0.15) is 20.8 Å². The fraction of sp³-hybridized carbons (Fsp3) is 0.462. The third-order valence-electron chi connectivity index (χ3n) is 3.62. The summed E-state index contributed by atoms with van der Waals surface area (Å²) >= 11 is 0. The summed E-state index contributed by atoms with van der Waals surface area (Å²) < 4.78 is 0. The molecule has 0 aliphatic carbocycles. The Labute approximate surface area is 90.9 Å². The van der Waals surface area contributed by atoms with Crippen molar-refractivity contribution in [2.75, 3.05) is 4.90 Å². The summed E-state index contributed by atoms with van der Waals surface area (Å²) in [7, 11) is 0. The Kier molecular flexibility index (Phi) is 2.51. The minimum atomic E-state index is 0.139. The molecule has 1 fully saturated rings. The molecule has 0 spiro atoms. The Bertz CT molecular complexity index is 360. The standard InChI is InChI=1S/C13H17NO/c1-9-10(2)13(15)14(11(9)3)12-7-5-4-6-8-12/h4-11H,1-3H3. The maximum atomic E-state index is 12.1. The zero-order valence-electron chi connectivity index (χ0n) is 9.47. The number of para-hydroxylation sites is 1. The van der Waals surface area contributed by atoms with Crippen LogP contribution in [0.5, 0.6) is 0 Å². The number of benzene rings is 1. The molecule has 0 radical (unpaired) electrons. The van der Waals surface area contributed by atoms with E-state index in [1.54, 1.807) is 0 Å². The lowest BCUT2D eigenvalue weighted by atomic mass is 9.95. The number of hydrogen-bond donors (Lipinski definition) is 0. The van der Waals surface area contributed by atoms with E-state index >= 15 is 0 Å². The molecule has 15 heavy (non-hydrogen) atoms. The van der Waals surface area contributed by atoms with Gasteiger partial charge in [0.25, 0.3) is 0 Å². The fourth-order valence-corrected chi connectivity index (χ4v) is 2.25. The number of hydrogen-bond acceptors (Lipinski definition) is 1. The number of rotatable bonds is 1. The van der Waals surface area contributed by atoms with E-state index in [1.165, 1.54) is 0 Å². The number of carbonyl (C=O) groups excluding carboxylic acids is 1. The minimum absolute atomic E-state index is 0.139. The summed E-state index contributed by atoms with van der Waals surface area (Å²) in [6.07, 6.45) is 0. The highest BCUT2D eigenvalue weighted by Gasteiger charge is 2.40. The molecule has 2 rings (SSSR count). The maximum absolute atomic E-state index is 12.1. The van der Waals surface area contributed by atoms with E-state index in [4.69, 9.17) is 0 Å². The van der Waals surface area contributed by atoms with Gasteiger partial charge < -0.3 is 4.90 Å². The van der Waals surface area contributed by atoms with Gasteiger partial charge in [-0.1, -0.05) is 32.0 Å². The number of nitrogens with zero attached hydrogens (tertiary/aromatic N) is 1. The molecular weight excluding hydrogens is 186 g/mol. The van der Waals surface area contributed by atoms with Crippen molar-refractivity contribution in [3.8, 4) is 0 Å². The topological polar surface area (TPSA) is 20.3 Å². The second-order valence-electron chi connectivity index (χ2n) is 4.43. The van der Waals surface area contributed by atoms with Gasteiger partial charge in [0.1, 0.15) is 0 Å². The van der Waals surface area contributed by atoms with Gasteiger partial charge in [0.2, 0.25) is 5.91 Å². The minimum Gasteiger partial charge on any atom is -0.309 e. The molecule has 3 atom stereocenters. The van der Waals surface area contributed by atoms with Crippen LogP contribution >= 0.6 is 0 Å². The molecule has 1 aliphatic heterocycles. The predicted molar refractivity (Wildman–Crippen MR) is 61.7 cm³/mol. The molecule has 1 aromatic carbocycles. The van der Waals surface area contributed by atoms with Gasteiger partial charge in [-0.3, -0.25) is 4.79 Å². The first-order valence-electron chi connectivity index (χ1n) is 5.51. The van der Waals surface area contributed by atoms with E-state index in [2.05, 4.69) is 13.8 Å². The van der Waals surface area contributed by atoms with Gasteiger partial charge in [0.05, 0.1) is 0 Å². The lowest BCUT2D eigenvalue weighted by molar-refractivity contribution is -0.120. The molecule has 1 amide bonds. The molecule has 2 nitrogen and oxygen atoms in total. The number of amides is 1. The largest absolute Gasteiger partial charge is 0.309 e. The van der Waals surface area contributed by atoms with Crippen LogP contribution in [0.2, 0.25) is 0 Å². The molecule has 1 heterocycles. The highest BCUT2D eigenvalue weighted by molar-refractivity contribution is 5.98. The van der Waals surface area contributed by atoms with E-state index in [1.807, 2.05) is 42.2 Å². The van der Waals surface area contributed by atoms with Crippen molar-refractivity contribution in [3.63, 3.8) is 0 Å². The van der Waals surface area contributed by atoms with Crippen molar-refractivity contribution in [3.05, 3.63) is 30.3 Å². The quantitative estimate of drug-likeness (QED) is 0.687. The average molecular weight is 203 g/mol. The normalized spacial score (nSPS) is 31.0.